The Morgan fingerprint density at radius 1 is 1.16 bits per heavy atom. The van der Waals surface area contributed by atoms with Crippen LogP contribution in [-0.2, 0) is 4.79 Å². The van der Waals surface area contributed by atoms with Crippen molar-refractivity contribution >= 4 is 30.7 Å². The van der Waals surface area contributed by atoms with Gasteiger partial charge in [0, 0.05) is 24.4 Å². The van der Waals surface area contributed by atoms with Gasteiger partial charge in [-0.1, -0.05) is 44.2 Å². The maximum Gasteiger partial charge on any atom is 0.223 e. The molecule has 31 heavy (non-hydrogen) atoms. The molecule has 2 fully saturated rings. The minimum absolute atomic E-state index is 0. The first-order valence-electron chi connectivity index (χ1n) is 11.2. The Morgan fingerprint density at radius 3 is 2.55 bits per heavy atom. The summed E-state index contributed by atoms with van der Waals surface area (Å²) in [6.07, 6.45) is 5.98. The summed E-state index contributed by atoms with van der Waals surface area (Å²) < 4.78 is 6.28. The molecule has 1 N–H and O–H groups in total. The molecule has 0 bridgehead atoms. The van der Waals surface area contributed by atoms with Crippen molar-refractivity contribution in [2.24, 2.45) is 5.92 Å². The van der Waals surface area contributed by atoms with Crippen molar-refractivity contribution in [3.8, 4) is 11.3 Å². The van der Waals surface area contributed by atoms with Crippen molar-refractivity contribution < 1.29 is 9.21 Å². The normalized spacial score (nSPS) is 19.2. The number of carbonyl (C=O) groups excluding carboxylic acids is 1. The van der Waals surface area contributed by atoms with Gasteiger partial charge in [0.2, 0.25) is 11.8 Å². The minimum Gasteiger partial charge on any atom is -0.442 e. The van der Waals surface area contributed by atoms with E-state index in [4.69, 9.17) is 9.40 Å². The van der Waals surface area contributed by atoms with E-state index in [0.717, 1.165) is 55.9 Å². The highest BCUT2D eigenvalue weighted by Crippen LogP contribution is 2.37. The zero-order valence-corrected chi connectivity index (χ0v) is 20.1. The van der Waals surface area contributed by atoms with E-state index in [1.54, 1.807) is 0 Å². The number of likely N-dealkylation sites (tertiary alicyclic amines) is 1. The maximum absolute atomic E-state index is 13.0. The summed E-state index contributed by atoms with van der Waals surface area (Å²) in [6, 6.07) is 10.2. The number of hydrogen-bond acceptors (Lipinski definition) is 4. The predicted molar refractivity (Wildman–Crippen MR) is 129 cm³/mol. The second-order valence-corrected chi connectivity index (χ2v) is 8.76. The molecule has 0 spiro atoms. The molecule has 5 nitrogen and oxygen atoms in total. The number of hydrogen-bond donors (Lipinski definition) is 1. The van der Waals surface area contributed by atoms with E-state index in [-0.39, 0.29) is 42.7 Å². The van der Waals surface area contributed by atoms with Crippen LogP contribution in [0.3, 0.4) is 0 Å². The number of halogens is 2. The number of carbonyl (C=O) groups is 1. The lowest BCUT2D eigenvalue weighted by atomic mass is 9.93. The second-order valence-electron chi connectivity index (χ2n) is 8.76. The maximum atomic E-state index is 13.0. The second kappa shape index (κ2) is 11.9. The Bertz CT molecular complexity index is 819. The number of rotatable bonds is 6. The van der Waals surface area contributed by atoms with Crippen LogP contribution in [0.5, 0.6) is 0 Å². The standard InChI is InChI=1S/C24H33N3O2.2ClH/c1-17(2)23-22(19-7-4-3-5-8-19)26-24(29-23)20-9-6-16-27(20)21(28)11-10-18-12-14-25-15-13-18;;/h3-5,7-8,17-18,20,25H,6,9-16H2,1-2H3;2*1H. The summed E-state index contributed by atoms with van der Waals surface area (Å²) in [5.41, 5.74) is 2.00. The van der Waals surface area contributed by atoms with Crippen molar-refractivity contribution in [1.29, 1.82) is 0 Å². The molecule has 3 heterocycles. The average Bonchev–Trinajstić information content (AvgIpc) is 3.40. The summed E-state index contributed by atoms with van der Waals surface area (Å²) in [5.74, 6) is 2.81. The van der Waals surface area contributed by atoms with Crippen molar-refractivity contribution in [1.82, 2.24) is 15.2 Å². The molecule has 172 valence electrons. The van der Waals surface area contributed by atoms with Crippen LogP contribution in [0.25, 0.3) is 11.3 Å². The van der Waals surface area contributed by atoms with Crippen molar-refractivity contribution in [3.63, 3.8) is 0 Å². The van der Waals surface area contributed by atoms with Gasteiger partial charge in [-0.3, -0.25) is 4.79 Å². The topological polar surface area (TPSA) is 58.4 Å². The SMILES string of the molecule is CC(C)c1oc(C2CCCN2C(=O)CCC2CCNCC2)nc1-c1ccccc1.Cl.Cl. The zero-order chi connectivity index (χ0) is 20.2. The third-order valence-electron chi connectivity index (χ3n) is 6.32. The molecular weight excluding hydrogens is 433 g/mol. The van der Waals surface area contributed by atoms with Gasteiger partial charge >= 0.3 is 0 Å². The van der Waals surface area contributed by atoms with Gasteiger partial charge in [0.25, 0.3) is 0 Å². The predicted octanol–water partition coefficient (Wildman–Crippen LogP) is 5.75. The van der Waals surface area contributed by atoms with Gasteiger partial charge in [0.15, 0.2) is 0 Å². The van der Waals surface area contributed by atoms with Gasteiger partial charge in [-0.25, -0.2) is 4.98 Å². The molecule has 2 aromatic rings. The molecule has 2 aliphatic rings. The van der Waals surface area contributed by atoms with Crippen LogP contribution in [0.15, 0.2) is 34.7 Å². The van der Waals surface area contributed by atoms with Crippen LogP contribution >= 0.6 is 24.8 Å². The third kappa shape index (κ3) is 6.03. The van der Waals surface area contributed by atoms with Crippen LogP contribution in [0, 0.1) is 5.92 Å². The highest BCUT2D eigenvalue weighted by molar-refractivity contribution is 5.85. The van der Waals surface area contributed by atoms with Crippen LogP contribution in [0.1, 0.15) is 76.0 Å². The Kier molecular flexibility index (Phi) is 9.86. The van der Waals surface area contributed by atoms with Gasteiger partial charge in [0.1, 0.15) is 17.5 Å². The van der Waals surface area contributed by atoms with Crippen molar-refractivity contribution in [2.45, 2.75) is 64.3 Å². The molecule has 1 aromatic carbocycles. The summed E-state index contributed by atoms with van der Waals surface area (Å²) in [6.45, 7) is 7.25. The fourth-order valence-electron chi connectivity index (χ4n) is 4.65. The number of benzene rings is 1. The Hall–Kier alpha value is -1.56. The lowest BCUT2D eigenvalue weighted by Crippen LogP contribution is -2.32. The molecule has 1 atom stereocenters. The molecule has 2 saturated heterocycles. The fourth-order valence-corrected chi connectivity index (χ4v) is 4.65. The van der Waals surface area contributed by atoms with Crippen molar-refractivity contribution in [2.75, 3.05) is 19.6 Å². The lowest BCUT2D eigenvalue weighted by Gasteiger charge is -2.25. The first-order chi connectivity index (χ1) is 14.1. The van der Waals surface area contributed by atoms with Crippen LogP contribution in [0.2, 0.25) is 0 Å². The molecule has 1 unspecified atom stereocenters. The van der Waals surface area contributed by atoms with E-state index in [0.29, 0.717) is 18.2 Å². The Balaban J connectivity index is 0.00000171. The van der Waals surface area contributed by atoms with E-state index >= 15 is 0 Å². The van der Waals surface area contributed by atoms with E-state index in [1.165, 1.54) is 12.8 Å². The minimum atomic E-state index is -0.0227. The smallest absolute Gasteiger partial charge is 0.223 e. The number of nitrogens with one attached hydrogen (secondary N) is 1. The number of oxazole rings is 1. The average molecular weight is 468 g/mol. The zero-order valence-electron chi connectivity index (χ0n) is 18.5. The number of nitrogens with zero attached hydrogens (tertiary/aromatic N) is 2. The number of piperidine rings is 1. The van der Waals surface area contributed by atoms with Crippen LogP contribution in [-0.4, -0.2) is 35.4 Å². The van der Waals surface area contributed by atoms with Gasteiger partial charge in [0.05, 0.1) is 0 Å². The van der Waals surface area contributed by atoms with Crippen molar-refractivity contribution in [3.05, 3.63) is 42.0 Å². The van der Waals surface area contributed by atoms with Gasteiger partial charge in [-0.15, -0.1) is 24.8 Å². The highest BCUT2D eigenvalue weighted by Gasteiger charge is 2.34. The molecule has 7 heteroatoms. The highest BCUT2D eigenvalue weighted by atomic mass is 35.5. The van der Waals surface area contributed by atoms with E-state index in [1.807, 2.05) is 23.1 Å². The molecule has 1 amide bonds. The van der Waals surface area contributed by atoms with Gasteiger partial charge in [-0.2, -0.15) is 0 Å². The van der Waals surface area contributed by atoms with Crippen LogP contribution in [0.4, 0.5) is 0 Å². The molecule has 4 rings (SSSR count). The van der Waals surface area contributed by atoms with Crippen LogP contribution < -0.4 is 5.32 Å². The molecule has 0 aliphatic carbocycles. The molecule has 2 aliphatic heterocycles. The number of aromatic nitrogens is 1. The molecular formula is C24H35Cl2N3O2. The monoisotopic (exact) mass is 467 g/mol. The largest absolute Gasteiger partial charge is 0.442 e. The fraction of sp³-hybridized carbons (Fsp3) is 0.583. The van der Waals surface area contributed by atoms with E-state index in [9.17, 15) is 4.79 Å². The summed E-state index contributed by atoms with van der Waals surface area (Å²) in [4.78, 5) is 19.9. The first kappa shape index (κ1) is 25.7. The third-order valence-corrected chi connectivity index (χ3v) is 6.32. The summed E-state index contributed by atoms with van der Waals surface area (Å²) in [7, 11) is 0. The van der Waals surface area contributed by atoms with E-state index < -0.39 is 0 Å². The summed E-state index contributed by atoms with van der Waals surface area (Å²) in [5, 5.41) is 3.40. The molecule has 0 radical (unpaired) electrons. The number of amides is 1. The van der Waals surface area contributed by atoms with Gasteiger partial charge < -0.3 is 14.6 Å². The summed E-state index contributed by atoms with van der Waals surface area (Å²) >= 11 is 0. The molecule has 0 saturated carbocycles. The Morgan fingerprint density at radius 2 is 1.87 bits per heavy atom. The Labute approximate surface area is 198 Å². The van der Waals surface area contributed by atoms with Gasteiger partial charge in [-0.05, 0) is 51.1 Å². The lowest BCUT2D eigenvalue weighted by molar-refractivity contribution is -0.132. The quantitative estimate of drug-likeness (QED) is 0.586. The van der Waals surface area contributed by atoms with E-state index in [2.05, 4.69) is 31.3 Å². The first-order valence-corrected chi connectivity index (χ1v) is 11.2. The molecule has 1 aromatic heterocycles.